The predicted molar refractivity (Wildman–Crippen MR) is 105 cm³/mol. The summed E-state index contributed by atoms with van der Waals surface area (Å²) in [5.41, 5.74) is 4.59. The number of hydrogen-bond donors (Lipinski definition) is 0. The monoisotopic (exact) mass is 336 g/mol. The molecule has 0 saturated heterocycles. The zero-order valence-corrected chi connectivity index (χ0v) is 14.4. The van der Waals surface area contributed by atoms with Crippen LogP contribution in [0.5, 0.6) is 0 Å². The number of benzene rings is 2. The van der Waals surface area contributed by atoms with E-state index in [2.05, 4.69) is 84.9 Å². The normalized spacial score (nSPS) is 13.1. The smallest absolute Gasteiger partial charge is 0.0488 e. The summed E-state index contributed by atoms with van der Waals surface area (Å²) in [5, 5.41) is 0. The molecule has 0 N–H and O–H groups in total. The average Bonchev–Trinajstić information content (AvgIpc) is 2.74. The first-order valence-corrected chi connectivity index (χ1v) is 8.85. The van der Waals surface area contributed by atoms with Gasteiger partial charge in [0.2, 0.25) is 0 Å². The lowest BCUT2D eigenvalue weighted by atomic mass is 9.77. The summed E-state index contributed by atoms with van der Waals surface area (Å²) in [6.07, 6.45) is 3.73. The minimum Gasteiger partial charge on any atom is -0.261 e. The summed E-state index contributed by atoms with van der Waals surface area (Å²) >= 11 is 0. The van der Waals surface area contributed by atoms with E-state index in [1.54, 1.807) is 0 Å². The van der Waals surface area contributed by atoms with Crippen LogP contribution in [0.1, 0.15) is 34.4 Å². The minimum atomic E-state index is 0.0923. The highest BCUT2D eigenvalue weighted by molar-refractivity contribution is 5.40. The summed E-state index contributed by atoms with van der Waals surface area (Å²) in [6, 6.07) is 33.4. The Morgan fingerprint density at radius 1 is 0.423 bits per heavy atom. The molecule has 4 rings (SSSR count). The largest absolute Gasteiger partial charge is 0.261 e. The van der Waals surface area contributed by atoms with Crippen molar-refractivity contribution >= 4 is 0 Å². The Kier molecular flexibility index (Phi) is 4.83. The molecule has 0 saturated carbocycles. The Bertz CT molecular complexity index is 763. The Morgan fingerprint density at radius 3 is 1.15 bits per heavy atom. The first-order valence-electron chi connectivity index (χ1n) is 8.85. The van der Waals surface area contributed by atoms with Crippen molar-refractivity contribution in [2.75, 3.05) is 0 Å². The first kappa shape index (κ1) is 16.2. The minimum absolute atomic E-state index is 0.0923. The Morgan fingerprint density at radius 2 is 0.808 bits per heavy atom. The highest BCUT2D eigenvalue weighted by Crippen LogP contribution is 2.41. The summed E-state index contributed by atoms with van der Waals surface area (Å²) in [6.45, 7) is 0. The molecule has 126 valence electrons. The molecular weight excluding hydrogens is 316 g/mol. The van der Waals surface area contributed by atoms with Crippen molar-refractivity contribution in [2.45, 2.75) is 11.8 Å². The molecule has 0 spiro atoms. The van der Waals surface area contributed by atoms with E-state index in [0.29, 0.717) is 0 Å². The van der Waals surface area contributed by atoms with Crippen LogP contribution in [0.25, 0.3) is 0 Å². The van der Waals surface area contributed by atoms with Gasteiger partial charge in [-0.15, -0.1) is 0 Å². The second-order valence-corrected chi connectivity index (χ2v) is 6.29. The Labute approximate surface area is 154 Å². The first-order chi connectivity index (χ1) is 12.9. The van der Waals surface area contributed by atoms with E-state index >= 15 is 0 Å². The third-order valence-corrected chi connectivity index (χ3v) is 4.66. The summed E-state index contributed by atoms with van der Waals surface area (Å²) in [7, 11) is 0. The van der Waals surface area contributed by atoms with E-state index < -0.39 is 0 Å². The Balaban J connectivity index is 1.93. The molecule has 0 aliphatic rings. The van der Waals surface area contributed by atoms with Crippen LogP contribution in [0.3, 0.4) is 0 Å². The molecule has 0 amide bonds. The van der Waals surface area contributed by atoms with Gasteiger partial charge >= 0.3 is 0 Å². The second kappa shape index (κ2) is 7.75. The van der Waals surface area contributed by atoms with Gasteiger partial charge in [0.25, 0.3) is 0 Å². The van der Waals surface area contributed by atoms with Crippen LogP contribution >= 0.6 is 0 Å². The van der Waals surface area contributed by atoms with Gasteiger partial charge in [-0.1, -0.05) is 72.8 Å². The van der Waals surface area contributed by atoms with Gasteiger partial charge in [0.15, 0.2) is 0 Å². The molecule has 0 bridgehead atoms. The van der Waals surface area contributed by atoms with Crippen molar-refractivity contribution in [1.29, 1.82) is 0 Å². The lowest BCUT2D eigenvalue weighted by molar-refractivity contribution is 0.657. The van der Waals surface area contributed by atoms with Crippen LogP contribution in [0.4, 0.5) is 0 Å². The maximum absolute atomic E-state index is 4.70. The quantitative estimate of drug-likeness (QED) is 0.485. The van der Waals surface area contributed by atoms with Gasteiger partial charge in [-0.05, 0) is 35.4 Å². The van der Waals surface area contributed by atoms with Crippen LogP contribution in [-0.2, 0) is 0 Å². The van der Waals surface area contributed by atoms with Crippen molar-refractivity contribution in [3.63, 3.8) is 0 Å². The standard InChI is InChI=1S/C24H20N2/c1-3-11-19(12-4-1)23(21-15-7-9-17-25-21)24(20-13-5-2-6-14-20)22-16-8-10-18-26-22/h1-18,23-24H. The SMILES string of the molecule is c1ccc(C(c2ccccn2)C(c2ccccc2)c2ccccn2)cc1. The van der Waals surface area contributed by atoms with Crippen LogP contribution in [0.2, 0.25) is 0 Å². The average molecular weight is 336 g/mol. The fourth-order valence-electron chi connectivity index (χ4n) is 3.51. The van der Waals surface area contributed by atoms with Crippen molar-refractivity contribution in [1.82, 2.24) is 9.97 Å². The van der Waals surface area contributed by atoms with Gasteiger partial charge in [-0.3, -0.25) is 9.97 Å². The molecular formula is C24H20N2. The molecule has 4 aromatic rings. The number of rotatable bonds is 5. The summed E-state index contributed by atoms with van der Waals surface area (Å²) < 4.78 is 0. The van der Waals surface area contributed by atoms with Crippen LogP contribution < -0.4 is 0 Å². The molecule has 0 fully saturated rings. The number of nitrogens with zero attached hydrogens (tertiary/aromatic N) is 2. The molecule has 2 heteroatoms. The van der Waals surface area contributed by atoms with E-state index in [1.807, 2.05) is 24.5 Å². The highest BCUT2D eigenvalue weighted by Gasteiger charge is 2.29. The van der Waals surface area contributed by atoms with Crippen molar-refractivity contribution in [3.8, 4) is 0 Å². The molecule has 2 aromatic heterocycles. The fourth-order valence-corrected chi connectivity index (χ4v) is 3.51. The molecule has 0 radical (unpaired) electrons. The summed E-state index contributed by atoms with van der Waals surface area (Å²) in [4.78, 5) is 9.40. The van der Waals surface area contributed by atoms with Crippen molar-refractivity contribution in [3.05, 3.63) is 132 Å². The topological polar surface area (TPSA) is 25.8 Å². The van der Waals surface area contributed by atoms with Crippen molar-refractivity contribution in [2.24, 2.45) is 0 Å². The third-order valence-electron chi connectivity index (χ3n) is 4.66. The van der Waals surface area contributed by atoms with Crippen LogP contribution in [-0.4, -0.2) is 9.97 Å². The van der Waals surface area contributed by atoms with Gasteiger partial charge in [0.1, 0.15) is 0 Å². The Hall–Kier alpha value is -3.26. The lowest BCUT2D eigenvalue weighted by Gasteiger charge is -2.27. The van der Waals surface area contributed by atoms with E-state index in [0.717, 1.165) is 11.4 Å². The maximum Gasteiger partial charge on any atom is 0.0488 e. The molecule has 2 heterocycles. The van der Waals surface area contributed by atoms with Gasteiger partial charge in [-0.2, -0.15) is 0 Å². The zero-order valence-electron chi connectivity index (χ0n) is 14.4. The van der Waals surface area contributed by atoms with Crippen LogP contribution in [0.15, 0.2) is 109 Å². The van der Waals surface area contributed by atoms with E-state index in [4.69, 9.17) is 9.97 Å². The van der Waals surface area contributed by atoms with Gasteiger partial charge < -0.3 is 0 Å². The highest BCUT2D eigenvalue weighted by atomic mass is 14.7. The van der Waals surface area contributed by atoms with Gasteiger partial charge in [0.05, 0.1) is 0 Å². The van der Waals surface area contributed by atoms with Gasteiger partial charge in [-0.25, -0.2) is 0 Å². The third kappa shape index (κ3) is 3.40. The number of pyridine rings is 2. The predicted octanol–water partition coefficient (Wildman–Crippen LogP) is 5.44. The molecule has 2 nitrogen and oxygen atoms in total. The fraction of sp³-hybridized carbons (Fsp3) is 0.0833. The number of hydrogen-bond acceptors (Lipinski definition) is 2. The number of aromatic nitrogens is 2. The maximum atomic E-state index is 4.70. The summed E-state index contributed by atoms with van der Waals surface area (Å²) in [5.74, 6) is 0.185. The molecule has 0 aliphatic heterocycles. The molecule has 26 heavy (non-hydrogen) atoms. The van der Waals surface area contributed by atoms with Crippen molar-refractivity contribution < 1.29 is 0 Å². The molecule has 2 unspecified atom stereocenters. The molecule has 2 aromatic carbocycles. The van der Waals surface area contributed by atoms with E-state index in [9.17, 15) is 0 Å². The van der Waals surface area contributed by atoms with Crippen LogP contribution in [0, 0.1) is 0 Å². The lowest BCUT2D eigenvalue weighted by Crippen LogP contribution is -2.16. The van der Waals surface area contributed by atoms with E-state index in [1.165, 1.54) is 11.1 Å². The second-order valence-electron chi connectivity index (χ2n) is 6.29. The molecule has 2 atom stereocenters. The van der Waals surface area contributed by atoms with E-state index in [-0.39, 0.29) is 11.8 Å². The zero-order chi connectivity index (χ0) is 17.6. The van der Waals surface area contributed by atoms with Gasteiger partial charge in [0, 0.05) is 35.6 Å². The molecule has 0 aliphatic carbocycles.